The molecule has 0 saturated carbocycles. The number of rotatable bonds is 3. The van der Waals surface area contributed by atoms with Crippen LogP contribution in [0.5, 0.6) is 0 Å². The highest BCUT2D eigenvalue weighted by molar-refractivity contribution is 5.85. The minimum atomic E-state index is 0. The predicted molar refractivity (Wildman–Crippen MR) is 61.7 cm³/mol. The normalized spacial score (nSPS) is 10.9. The first kappa shape index (κ1) is 15.2. The van der Waals surface area contributed by atoms with Gasteiger partial charge in [0.2, 0.25) is 0 Å². The van der Waals surface area contributed by atoms with E-state index < -0.39 is 0 Å². The molecule has 1 aromatic carbocycles. The average molecular weight is 223 g/mol. The van der Waals surface area contributed by atoms with Crippen LogP contribution in [0.2, 0.25) is 0 Å². The van der Waals surface area contributed by atoms with E-state index in [4.69, 9.17) is 11.5 Å². The predicted octanol–water partition coefficient (Wildman–Crippen LogP) is 1.36. The smallest absolute Gasteiger partial charge is 0.0203 e. The fraction of sp³-hybridized carbons (Fsp3) is 0.333. The summed E-state index contributed by atoms with van der Waals surface area (Å²) in [7, 11) is 0. The summed E-state index contributed by atoms with van der Waals surface area (Å²) in [5.41, 5.74) is 12.3. The molecule has 13 heavy (non-hydrogen) atoms. The van der Waals surface area contributed by atoms with E-state index in [-0.39, 0.29) is 30.9 Å². The Morgan fingerprint density at radius 2 is 1.62 bits per heavy atom. The van der Waals surface area contributed by atoms with Gasteiger partial charge in [0.05, 0.1) is 0 Å². The standard InChI is InChI=1S/C9H14N2.2ClH/c10-7-9(11)6-8-4-2-1-3-5-8;;/h1-5,9H,6-7,10-11H2;2*1H/t9-;;/m0../s1. The number of halogens is 2. The van der Waals surface area contributed by atoms with Crippen LogP contribution in [0.15, 0.2) is 30.3 Å². The molecule has 4 heteroatoms. The lowest BCUT2D eigenvalue weighted by Gasteiger charge is -2.07. The van der Waals surface area contributed by atoms with Gasteiger partial charge in [-0.2, -0.15) is 0 Å². The third-order valence-corrected chi connectivity index (χ3v) is 1.64. The number of benzene rings is 1. The van der Waals surface area contributed by atoms with E-state index >= 15 is 0 Å². The van der Waals surface area contributed by atoms with E-state index in [0.29, 0.717) is 6.54 Å². The van der Waals surface area contributed by atoms with E-state index in [0.717, 1.165) is 6.42 Å². The van der Waals surface area contributed by atoms with Gasteiger partial charge in [0.25, 0.3) is 0 Å². The van der Waals surface area contributed by atoms with E-state index in [1.54, 1.807) is 0 Å². The molecule has 0 aliphatic heterocycles. The highest BCUT2D eigenvalue weighted by Gasteiger charge is 1.99. The Kier molecular flexibility index (Phi) is 9.74. The molecular formula is C9H16Cl2N2. The van der Waals surface area contributed by atoms with Crippen LogP contribution < -0.4 is 11.5 Å². The molecule has 1 aromatic rings. The van der Waals surface area contributed by atoms with Crippen molar-refractivity contribution < 1.29 is 0 Å². The lowest BCUT2D eigenvalue weighted by Crippen LogP contribution is -2.31. The second-order valence-corrected chi connectivity index (χ2v) is 2.69. The van der Waals surface area contributed by atoms with E-state index in [1.807, 2.05) is 18.2 Å². The molecule has 0 saturated heterocycles. The molecule has 0 spiro atoms. The number of nitrogens with two attached hydrogens (primary N) is 2. The van der Waals surface area contributed by atoms with Crippen molar-refractivity contribution in [1.82, 2.24) is 0 Å². The second kappa shape index (κ2) is 8.32. The van der Waals surface area contributed by atoms with Gasteiger partial charge in [-0.25, -0.2) is 0 Å². The van der Waals surface area contributed by atoms with Crippen molar-refractivity contribution in [3.8, 4) is 0 Å². The number of hydrogen-bond acceptors (Lipinski definition) is 2. The van der Waals surface area contributed by atoms with Crippen molar-refractivity contribution in [3.63, 3.8) is 0 Å². The van der Waals surface area contributed by atoms with E-state index in [1.165, 1.54) is 5.56 Å². The molecule has 0 radical (unpaired) electrons. The van der Waals surface area contributed by atoms with Crippen LogP contribution in [-0.2, 0) is 6.42 Å². The molecule has 4 N–H and O–H groups in total. The Bertz CT molecular complexity index is 204. The Morgan fingerprint density at radius 1 is 1.08 bits per heavy atom. The summed E-state index contributed by atoms with van der Waals surface area (Å²) < 4.78 is 0. The van der Waals surface area contributed by atoms with Crippen molar-refractivity contribution in [2.75, 3.05) is 6.54 Å². The molecule has 1 atom stereocenters. The van der Waals surface area contributed by atoms with Crippen LogP contribution in [0.4, 0.5) is 0 Å². The van der Waals surface area contributed by atoms with Crippen molar-refractivity contribution >= 4 is 24.8 Å². The van der Waals surface area contributed by atoms with Crippen LogP contribution >= 0.6 is 24.8 Å². The Hall–Kier alpha value is -0.280. The summed E-state index contributed by atoms with van der Waals surface area (Å²) in [6.07, 6.45) is 0.872. The van der Waals surface area contributed by atoms with Gasteiger partial charge in [0.1, 0.15) is 0 Å². The van der Waals surface area contributed by atoms with Crippen LogP contribution in [-0.4, -0.2) is 12.6 Å². The monoisotopic (exact) mass is 222 g/mol. The van der Waals surface area contributed by atoms with Crippen molar-refractivity contribution in [2.45, 2.75) is 12.5 Å². The maximum atomic E-state index is 5.68. The molecule has 76 valence electrons. The molecule has 0 heterocycles. The maximum absolute atomic E-state index is 5.68. The third-order valence-electron chi connectivity index (χ3n) is 1.64. The maximum Gasteiger partial charge on any atom is 0.0203 e. The number of hydrogen-bond donors (Lipinski definition) is 2. The molecule has 1 rings (SSSR count). The fourth-order valence-corrected chi connectivity index (χ4v) is 1.00. The Balaban J connectivity index is 0. The van der Waals surface area contributed by atoms with Crippen molar-refractivity contribution in [2.24, 2.45) is 11.5 Å². The molecule has 0 aromatic heterocycles. The first-order chi connectivity index (χ1) is 5.33. The van der Waals surface area contributed by atoms with Gasteiger partial charge < -0.3 is 11.5 Å². The summed E-state index contributed by atoms with van der Waals surface area (Å²) in [5.74, 6) is 0. The quantitative estimate of drug-likeness (QED) is 0.812. The van der Waals surface area contributed by atoms with Crippen LogP contribution in [0, 0.1) is 0 Å². The van der Waals surface area contributed by atoms with Gasteiger partial charge in [-0.3, -0.25) is 0 Å². The Labute approximate surface area is 91.5 Å². The zero-order valence-corrected chi connectivity index (χ0v) is 8.98. The largest absolute Gasteiger partial charge is 0.329 e. The minimum Gasteiger partial charge on any atom is -0.329 e. The highest BCUT2D eigenvalue weighted by atomic mass is 35.5. The van der Waals surface area contributed by atoms with Gasteiger partial charge in [0.15, 0.2) is 0 Å². The first-order valence-corrected chi connectivity index (χ1v) is 3.82. The molecule has 0 unspecified atom stereocenters. The SMILES string of the molecule is Cl.Cl.NC[C@@H](N)Cc1ccccc1. The van der Waals surface area contributed by atoms with Gasteiger partial charge >= 0.3 is 0 Å². The average Bonchev–Trinajstić information content (AvgIpc) is 2.06. The molecule has 2 nitrogen and oxygen atoms in total. The Morgan fingerprint density at radius 3 is 2.08 bits per heavy atom. The topological polar surface area (TPSA) is 52.0 Å². The summed E-state index contributed by atoms with van der Waals surface area (Å²) in [6.45, 7) is 0.550. The lowest BCUT2D eigenvalue weighted by molar-refractivity contribution is 0.678. The van der Waals surface area contributed by atoms with Gasteiger partial charge in [-0.1, -0.05) is 30.3 Å². The minimum absolute atomic E-state index is 0. The summed E-state index contributed by atoms with van der Waals surface area (Å²) in [4.78, 5) is 0. The second-order valence-electron chi connectivity index (χ2n) is 2.69. The van der Waals surface area contributed by atoms with Crippen molar-refractivity contribution in [3.05, 3.63) is 35.9 Å². The van der Waals surface area contributed by atoms with E-state index in [2.05, 4.69) is 12.1 Å². The van der Waals surface area contributed by atoms with E-state index in [9.17, 15) is 0 Å². The van der Waals surface area contributed by atoms with Gasteiger partial charge in [0, 0.05) is 12.6 Å². The molecule has 0 bridgehead atoms. The zero-order chi connectivity index (χ0) is 8.10. The fourth-order valence-electron chi connectivity index (χ4n) is 1.00. The zero-order valence-electron chi connectivity index (χ0n) is 7.35. The summed E-state index contributed by atoms with van der Waals surface area (Å²) in [5, 5.41) is 0. The van der Waals surface area contributed by atoms with Crippen LogP contribution in [0.1, 0.15) is 5.56 Å². The molecule has 0 fully saturated rings. The molecule has 0 aliphatic rings. The molecule has 0 amide bonds. The van der Waals surface area contributed by atoms with Crippen LogP contribution in [0.25, 0.3) is 0 Å². The lowest BCUT2D eigenvalue weighted by atomic mass is 10.1. The summed E-state index contributed by atoms with van der Waals surface area (Å²) >= 11 is 0. The van der Waals surface area contributed by atoms with Crippen LogP contribution in [0.3, 0.4) is 0 Å². The first-order valence-electron chi connectivity index (χ1n) is 3.82. The van der Waals surface area contributed by atoms with Gasteiger partial charge in [-0.05, 0) is 12.0 Å². The third kappa shape index (κ3) is 5.88. The molecular weight excluding hydrogens is 207 g/mol. The van der Waals surface area contributed by atoms with Crippen molar-refractivity contribution in [1.29, 1.82) is 0 Å². The van der Waals surface area contributed by atoms with Gasteiger partial charge in [-0.15, -0.1) is 24.8 Å². The highest BCUT2D eigenvalue weighted by Crippen LogP contribution is 2.00. The molecule has 0 aliphatic carbocycles. The summed E-state index contributed by atoms with van der Waals surface area (Å²) in [6, 6.07) is 10.2.